The first-order valence-corrected chi connectivity index (χ1v) is 14.5. The SMILES string of the molecule is CC(C)c1nnsc1CNC(=O)c1ccc2c(c1)Cc1cccc(c1)CN(Cc1ccccn1)CCOCCO2. The maximum absolute atomic E-state index is 13.1. The fraction of sp³-hybridized carbons (Fsp3) is 0.355. The summed E-state index contributed by atoms with van der Waals surface area (Å²) in [6.07, 6.45) is 2.49. The van der Waals surface area contributed by atoms with Crippen molar-refractivity contribution in [2.45, 2.75) is 45.8 Å². The number of ether oxygens (including phenoxy) is 2. The van der Waals surface area contributed by atoms with E-state index < -0.39 is 0 Å². The van der Waals surface area contributed by atoms with E-state index in [2.05, 4.69) is 69.0 Å². The lowest BCUT2D eigenvalue weighted by atomic mass is 9.99. The number of benzene rings is 2. The molecule has 8 nitrogen and oxygen atoms in total. The van der Waals surface area contributed by atoms with E-state index in [0.717, 1.165) is 47.2 Å². The molecule has 3 heterocycles. The molecule has 0 saturated carbocycles. The van der Waals surface area contributed by atoms with Gasteiger partial charge in [-0.3, -0.25) is 14.7 Å². The van der Waals surface area contributed by atoms with Crippen LogP contribution >= 0.6 is 11.5 Å². The Morgan fingerprint density at radius 3 is 2.80 bits per heavy atom. The molecular weight excluding hydrogens is 522 g/mol. The Bertz CT molecular complexity index is 1410. The Labute approximate surface area is 239 Å². The minimum atomic E-state index is -0.132. The van der Waals surface area contributed by atoms with E-state index in [0.29, 0.717) is 38.3 Å². The topological polar surface area (TPSA) is 89.5 Å². The van der Waals surface area contributed by atoms with Crippen LogP contribution in [0, 0.1) is 0 Å². The monoisotopic (exact) mass is 557 g/mol. The van der Waals surface area contributed by atoms with Crippen molar-refractivity contribution in [2.75, 3.05) is 26.4 Å². The first-order valence-electron chi connectivity index (χ1n) is 13.7. The van der Waals surface area contributed by atoms with Crippen LogP contribution < -0.4 is 10.1 Å². The van der Waals surface area contributed by atoms with E-state index in [1.165, 1.54) is 22.7 Å². The van der Waals surface area contributed by atoms with Gasteiger partial charge in [0.15, 0.2) is 0 Å². The number of amides is 1. The van der Waals surface area contributed by atoms with Gasteiger partial charge in [0.25, 0.3) is 5.91 Å². The molecule has 1 aliphatic rings. The number of carbonyl (C=O) groups is 1. The van der Waals surface area contributed by atoms with Crippen LogP contribution in [0.3, 0.4) is 0 Å². The van der Waals surface area contributed by atoms with Crippen molar-refractivity contribution in [3.63, 3.8) is 0 Å². The quantitative estimate of drug-likeness (QED) is 0.357. The van der Waals surface area contributed by atoms with Crippen LogP contribution in [-0.2, 0) is 30.8 Å². The van der Waals surface area contributed by atoms with Crippen molar-refractivity contribution >= 4 is 17.4 Å². The number of nitrogens with one attached hydrogen (secondary N) is 1. The predicted octanol–water partition coefficient (Wildman–Crippen LogP) is 4.99. The van der Waals surface area contributed by atoms with Crippen LogP contribution in [0.5, 0.6) is 5.75 Å². The number of carbonyl (C=O) groups excluding carboxylic acids is 1. The summed E-state index contributed by atoms with van der Waals surface area (Å²) in [7, 11) is 0. The highest BCUT2D eigenvalue weighted by molar-refractivity contribution is 7.05. The van der Waals surface area contributed by atoms with Crippen molar-refractivity contribution in [2.24, 2.45) is 0 Å². The van der Waals surface area contributed by atoms with Gasteiger partial charge in [-0.15, -0.1) is 5.10 Å². The third kappa shape index (κ3) is 7.50. The van der Waals surface area contributed by atoms with Gasteiger partial charge in [0, 0.05) is 37.8 Å². The van der Waals surface area contributed by atoms with Crippen LogP contribution in [0.1, 0.15) is 63.1 Å². The fourth-order valence-electron chi connectivity index (χ4n) is 4.80. The molecule has 9 heteroatoms. The molecule has 0 fully saturated rings. The molecule has 2 aromatic heterocycles. The lowest BCUT2D eigenvalue weighted by Gasteiger charge is -2.23. The first kappa shape index (κ1) is 27.9. The molecule has 1 amide bonds. The Morgan fingerprint density at radius 2 is 1.95 bits per heavy atom. The van der Waals surface area contributed by atoms with Crippen molar-refractivity contribution in [1.82, 2.24) is 24.8 Å². The number of nitrogens with zero attached hydrogens (tertiary/aromatic N) is 4. The molecule has 1 N–H and O–H groups in total. The second kappa shape index (κ2) is 13.6. The molecule has 0 unspecified atom stereocenters. The molecule has 2 bridgehead atoms. The summed E-state index contributed by atoms with van der Waals surface area (Å²) in [5.74, 6) is 0.900. The van der Waals surface area contributed by atoms with Crippen LogP contribution in [0.4, 0.5) is 0 Å². The number of hydrogen-bond acceptors (Lipinski definition) is 8. The first-order chi connectivity index (χ1) is 19.5. The van der Waals surface area contributed by atoms with E-state index in [1.807, 2.05) is 36.5 Å². The molecule has 0 radical (unpaired) electrons. The van der Waals surface area contributed by atoms with Gasteiger partial charge in [0.1, 0.15) is 12.4 Å². The zero-order valence-corrected chi connectivity index (χ0v) is 23.8. The third-order valence-electron chi connectivity index (χ3n) is 6.81. The maximum atomic E-state index is 13.1. The van der Waals surface area contributed by atoms with Gasteiger partial charge < -0.3 is 14.8 Å². The molecule has 2 aromatic carbocycles. The number of rotatable bonds is 6. The number of aromatic nitrogens is 3. The van der Waals surface area contributed by atoms with Gasteiger partial charge in [0.2, 0.25) is 0 Å². The molecule has 0 saturated heterocycles. The second-order valence-electron chi connectivity index (χ2n) is 10.2. The van der Waals surface area contributed by atoms with E-state index >= 15 is 0 Å². The fourth-order valence-corrected chi connectivity index (χ4v) is 5.53. The highest BCUT2D eigenvalue weighted by Crippen LogP contribution is 2.25. The van der Waals surface area contributed by atoms with E-state index in [9.17, 15) is 4.79 Å². The molecule has 208 valence electrons. The standard InChI is InChI=1S/C31H35N5O3S/c1-22(2)30-29(40-35-34-30)19-33-31(37)25-9-10-28-26(18-25)17-23-6-5-7-24(16-23)20-36(12-13-38-14-15-39-28)21-27-8-3-4-11-32-27/h3-11,16,18,22H,12-15,17,19-21H2,1-2H3,(H,33,37). The zero-order valence-electron chi connectivity index (χ0n) is 23.0. The average molecular weight is 558 g/mol. The molecule has 5 rings (SSSR count). The van der Waals surface area contributed by atoms with Crippen LogP contribution in [0.25, 0.3) is 0 Å². The Balaban J connectivity index is 1.34. The summed E-state index contributed by atoms with van der Waals surface area (Å²) in [4.78, 5) is 21.0. The molecule has 1 aliphatic heterocycles. The summed E-state index contributed by atoms with van der Waals surface area (Å²) in [5.41, 5.74) is 5.93. The molecule has 0 spiro atoms. The Hall–Kier alpha value is -3.66. The molecule has 0 atom stereocenters. The normalized spacial score (nSPS) is 14.7. The molecule has 40 heavy (non-hydrogen) atoms. The summed E-state index contributed by atoms with van der Waals surface area (Å²) in [6.45, 7) is 8.45. The Morgan fingerprint density at radius 1 is 1.05 bits per heavy atom. The summed E-state index contributed by atoms with van der Waals surface area (Å²) >= 11 is 1.33. The lowest BCUT2D eigenvalue weighted by Crippen LogP contribution is -2.28. The van der Waals surface area contributed by atoms with Crippen LogP contribution in [0.15, 0.2) is 66.9 Å². The van der Waals surface area contributed by atoms with Crippen molar-refractivity contribution in [3.05, 3.63) is 105 Å². The van der Waals surface area contributed by atoms with Crippen LogP contribution in [0.2, 0.25) is 0 Å². The summed E-state index contributed by atoms with van der Waals surface area (Å²) < 4.78 is 16.1. The molecular formula is C31H35N5O3S. The van der Waals surface area contributed by atoms with E-state index in [4.69, 9.17) is 9.47 Å². The minimum absolute atomic E-state index is 0.132. The van der Waals surface area contributed by atoms with Gasteiger partial charge in [-0.1, -0.05) is 48.7 Å². The van der Waals surface area contributed by atoms with Gasteiger partial charge in [-0.05, 0) is 64.5 Å². The molecule has 4 aromatic rings. The second-order valence-corrected chi connectivity index (χ2v) is 11.1. The smallest absolute Gasteiger partial charge is 0.251 e. The number of hydrogen-bond donors (Lipinski definition) is 1. The van der Waals surface area contributed by atoms with E-state index in [-0.39, 0.29) is 11.8 Å². The lowest BCUT2D eigenvalue weighted by molar-refractivity contribution is 0.0754. The number of fused-ring (bicyclic) bond motifs is 3. The van der Waals surface area contributed by atoms with Gasteiger partial charge in [0.05, 0.1) is 36.0 Å². The largest absolute Gasteiger partial charge is 0.491 e. The summed E-state index contributed by atoms with van der Waals surface area (Å²) in [6, 6.07) is 20.3. The van der Waals surface area contributed by atoms with Crippen LogP contribution in [-0.4, -0.2) is 51.7 Å². The molecule has 0 aliphatic carbocycles. The average Bonchev–Trinajstić information content (AvgIpc) is 3.44. The van der Waals surface area contributed by atoms with Gasteiger partial charge >= 0.3 is 0 Å². The highest BCUT2D eigenvalue weighted by Gasteiger charge is 2.16. The van der Waals surface area contributed by atoms with Crippen molar-refractivity contribution in [3.8, 4) is 5.75 Å². The number of pyridine rings is 1. The third-order valence-corrected chi connectivity index (χ3v) is 7.54. The maximum Gasteiger partial charge on any atom is 0.251 e. The van der Waals surface area contributed by atoms with Gasteiger partial charge in [-0.2, -0.15) is 0 Å². The minimum Gasteiger partial charge on any atom is -0.491 e. The van der Waals surface area contributed by atoms with E-state index in [1.54, 1.807) is 0 Å². The summed E-state index contributed by atoms with van der Waals surface area (Å²) in [5, 5.41) is 7.25. The van der Waals surface area contributed by atoms with Gasteiger partial charge in [-0.25, -0.2) is 0 Å². The van der Waals surface area contributed by atoms with Crippen molar-refractivity contribution in [1.29, 1.82) is 0 Å². The predicted molar refractivity (Wildman–Crippen MR) is 156 cm³/mol. The zero-order chi connectivity index (χ0) is 27.7. The van der Waals surface area contributed by atoms with Crippen molar-refractivity contribution < 1.29 is 14.3 Å². The Kier molecular flexibility index (Phi) is 9.49. The highest BCUT2D eigenvalue weighted by atomic mass is 32.1.